The van der Waals surface area contributed by atoms with Gasteiger partial charge in [0.1, 0.15) is 12.0 Å². The van der Waals surface area contributed by atoms with Crippen molar-refractivity contribution in [2.45, 2.75) is 20.0 Å². The minimum atomic E-state index is -4.48. The molecule has 5 rings (SSSR count). The fraction of sp³-hybridized carbons (Fsp3) is 0.111. The molecule has 0 atom stereocenters. The van der Waals surface area contributed by atoms with Crippen molar-refractivity contribution in [2.75, 3.05) is 5.32 Å². The number of thiocarbonyl (C=S) groups is 1. The van der Waals surface area contributed by atoms with Gasteiger partial charge >= 0.3 is 6.18 Å². The second-order valence-electron chi connectivity index (χ2n) is 8.52. The molecular weight excluding hydrogens is 497 g/mol. The van der Waals surface area contributed by atoms with E-state index in [9.17, 15) is 13.2 Å². The Morgan fingerprint density at radius 2 is 1.78 bits per heavy atom. The van der Waals surface area contributed by atoms with Gasteiger partial charge in [-0.05, 0) is 72.4 Å². The van der Waals surface area contributed by atoms with Gasteiger partial charge in [0, 0.05) is 11.1 Å². The first-order chi connectivity index (χ1) is 17.7. The van der Waals surface area contributed by atoms with Crippen LogP contribution >= 0.6 is 12.2 Å². The first kappa shape index (κ1) is 24.4. The number of nitrogens with one attached hydrogen (secondary N) is 2. The van der Waals surface area contributed by atoms with Gasteiger partial charge in [-0.3, -0.25) is 9.99 Å². The third-order valence-corrected chi connectivity index (χ3v) is 6.17. The highest BCUT2D eigenvalue weighted by Gasteiger charge is 2.32. The number of hydrogen-bond donors (Lipinski definition) is 2. The number of hydrogen-bond acceptors (Lipinski definition) is 4. The summed E-state index contributed by atoms with van der Waals surface area (Å²) in [6, 6.07) is 18.0. The van der Waals surface area contributed by atoms with Gasteiger partial charge in [0.05, 0.1) is 29.1 Å². The standard InChI is InChI=1S/C27H21F3N6S/c1-16-4-3-5-17(2)24(16)34-26(37)35-33-13-18-6-9-21-19(12-18)7-10-22-25(21)32-15-36(22)20-8-11-23(31-14-20)27(28,29)30/h3-15H,1-2H3,(H2,34,35,37)/b33-13+. The van der Waals surface area contributed by atoms with E-state index < -0.39 is 11.9 Å². The van der Waals surface area contributed by atoms with Gasteiger partial charge in [-0.15, -0.1) is 0 Å². The van der Waals surface area contributed by atoms with Crippen LogP contribution in [0.4, 0.5) is 18.9 Å². The fourth-order valence-electron chi connectivity index (χ4n) is 4.13. The van der Waals surface area contributed by atoms with E-state index in [1.54, 1.807) is 17.1 Å². The van der Waals surface area contributed by atoms with E-state index in [0.29, 0.717) is 10.8 Å². The molecule has 5 aromatic rings. The third-order valence-electron chi connectivity index (χ3n) is 5.97. The maximum atomic E-state index is 12.9. The molecule has 0 aliphatic rings. The van der Waals surface area contributed by atoms with E-state index in [1.807, 2.05) is 62.4 Å². The van der Waals surface area contributed by atoms with Gasteiger partial charge in [0.25, 0.3) is 0 Å². The minimum Gasteiger partial charge on any atom is -0.331 e. The Morgan fingerprint density at radius 1 is 1.00 bits per heavy atom. The fourth-order valence-corrected chi connectivity index (χ4v) is 4.28. The van der Waals surface area contributed by atoms with Crippen molar-refractivity contribution in [3.63, 3.8) is 0 Å². The molecule has 0 amide bonds. The van der Waals surface area contributed by atoms with Crippen molar-refractivity contribution in [3.05, 3.63) is 95.6 Å². The lowest BCUT2D eigenvalue weighted by Crippen LogP contribution is -2.24. The van der Waals surface area contributed by atoms with Gasteiger partial charge in [0.2, 0.25) is 0 Å². The summed E-state index contributed by atoms with van der Waals surface area (Å²) in [5, 5.41) is 9.67. The van der Waals surface area contributed by atoms with Crippen molar-refractivity contribution in [1.82, 2.24) is 20.0 Å². The summed E-state index contributed by atoms with van der Waals surface area (Å²) in [5.41, 5.74) is 7.90. The summed E-state index contributed by atoms with van der Waals surface area (Å²) in [7, 11) is 0. The second-order valence-corrected chi connectivity index (χ2v) is 8.93. The van der Waals surface area contributed by atoms with Crippen LogP contribution < -0.4 is 10.7 Å². The van der Waals surface area contributed by atoms with Gasteiger partial charge in [-0.25, -0.2) is 9.97 Å². The molecule has 0 aliphatic carbocycles. The Kier molecular flexibility index (Phi) is 6.34. The van der Waals surface area contributed by atoms with E-state index >= 15 is 0 Å². The maximum Gasteiger partial charge on any atom is 0.433 e. The smallest absolute Gasteiger partial charge is 0.331 e. The number of aromatic nitrogens is 3. The van der Waals surface area contributed by atoms with Crippen LogP contribution in [-0.4, -0.2) is 25.9 Å². The van der Waals surface area contributed by atoms with E-state index in [0.717, 1.165) is 50.2 Å². The number of pyridine rings is 1. The molecule has 2 aromatic heterocycles. The lowest BCUT2D eigenvalue weighted by Gasteiger charge is -2.12. The molecule has 10 heteroatoms. The summed E-state index contributed by atoms with van der Waals surface area (Å²) in [5.74, 6) is 0. The molecule has 0 fully saturated rings. The number of benzene rings is 3. The summed E-state index contributed by atoms with van der Waals surface area (Å²) < 4.78 is 40.3. The molecular formula is C27H21F3N6S. The van der Waals surface area contributed by atoms with E-state index in [4.69, 9.17) is 12.2 Å². The van der Waals surface area contributed by atoms with Crippen molar-refractivity contribution in [3.8, 4) is 5.69 Å². The van der Waals surface area contributed by atoms with E-state index in [2.05, 4.69) is 25.8 Å². The topological polar surface area (TPSA) is 67.1 Å². The van der Waals surface area contributed by atoms with Gasteiger partial charge in [-0.1, -0.05) is 36.4 Å². The molecule has 0 bridgehead atoms. The number of imidazole rings is 1. The zero-order chi connectivity index (χ0) is 26.2. The van der Waals surface area contributed by atoms with Crippen LogP contribution in [0, 0.1) is 13.8 Å². The van der Waals surface area contributed by atoms with Crippen molar-refractivity contribution in [2.24, 2.45) is 5.10 Å². The number of alkyl halides is 3. The Hall–Kier alpha value is -4.31. The lowest BCUT2D eigenvalue weighted by molar-refractivity contribution is -0.141. The number of halogens is 3. The maximum absolute atomic E-state index is 12.9. The Labute approximate surface area is 215 Å². The van der Waals surface area contributed by atoms with Gasteiger partial charge < -0.3 is 5.32 Å². The highest BCUT2D eigenvalue weighted by Crippen LogP contribution is 2.30. The zero-order valence-electron chi connectivity index (χ0n) is 19.8. The average molecular weight is 519 g/mol. The normalized spacial score (nSPS) is 11.9. The zero-order valence-corrected chi connectivity index (χ0v) is 20.7. The van der Waals surface area contributed by atoms with Crippen LogP contribution in [0.3, 0.4) is 0 Å². The average Bonchev–Trinajstić information content (AvgIpc) is 3.30. The predicted octanol–water partition coefficient (Wildman–Crippen LogP) is 6.53. The summed E-state index contributed by atoms with van der Waals surface area (Å²) in [4.78, 5) is 8.06. The van der Waals surface area contributed by atoms with Crippen molar-refractivity contribution in [1.29, 1.82) is 0 Å². The number of anilines is 1. The third kappa shape index (κ3) is 5.01. The van der Waals surface area contributed by atoms with Crippen LogP contribution in [-0.2, 0) is 6.18 Å². The molecule has 0 spiro atoms. The molecule has 186 valence electrons. The Morgan fingerprint density at radius 3 is 2.49 bits per heavy atom. The SMILES string of the molecule is Cc1cccc(C)c1NC(=S)N/N=C/c1ccc2c(ccc3c2ncn3-c2ccc(C(F)(F)F)nc2)c1. The van der Waals surface area contributed by atoms with Crippen LogP contribution in [0.25, 0.3) is 27.5 Å². The Bertz CT molecular complexity index is 1640. The quantitative estimate of drug-likeness (QED) is 0.161. The van der Waals surface area contributed by atoms with Gasteiger partial charge in [0.15, 0.2) is 5.11 Å². The number of para-hydroxylation sites is 1. The minimum absolute atomic E-state index is 0.388. The van der Waals surface area contributed by atoms with Crippen LogP contribution in [0.15, 0.2) is 78.3 Å². The Balaban J connectivity index is 1.34. The number of rotatable bonds is 4. The molecule has 2 heterocycles. The van der Waals surface area contributed by atoms with Crippen molar-refractivity contribution < 1.29 is 13.2 Å². The molecule has 0 aliphatic heterocycles. The van der Waals surface area contributed by atoms with Crippen molar-refractivity contribution >= 4 is 51.0 Å². The lowest BCUT2D eigenvalue weighted by atomic mass is 10.1. The summed E-state index contributed by atoms with van der Waals surface area (Å²) in [6.07, 6.45) is -0.0311. The molecule has 0 saturated carbocycles. The summed E-state index contributed by atoms with van der Waals surface area (Å²) in [6.45, 7) is 4.02. The number of nitrogens with zero attached hydrogens (tertiary/aromatic N) is 4. The highest BCUT2D eigenvalue weighted by molar-refractivity contribution is 7.80. The van der Waals surface area contributed by atoms with E-state index in [1.165, 1.54) is 12.3 Å². The first-order valence-corrected chi connectivity index (χ1v) is 11.7. The number of fused-ring (bicyclic) bond motifs is 3. The monoisotopic (exact) mass is 518 g/mol. The molecule has 37 heavy (non-hydrogen) atoms. The molecule has 0 saturated heterocycles. The second kappa shape index (κ2) is 9.62. The van der Waals surface area contributed by atoms with Crippen LogP contribution in [0.2, 0.25) is 0 Å². The summed E-state index contributed by atoms with van der Waals surface area (Å²) >= 11 is 5.36. The molecule has 3 aromatic carbocycles. The largest absolute Gasteiger partial charge is 0.433 e. The van der Waals surface area contributed by atoms with E-state index in [-0.39, 0.29) is 0 Å². The molecule has 0 unspecified atom stereocenters. The predicted molar refractivity (Wildman–Crippen MR) is 144 cm³/mol. The number of aryl methyl sites for hydroxylation is 2. The molecule has 2 N–H and O–H groups in total. The highest BCUT2D eigenvalue weighted by atomic mass is 32.1. The number of hydrazone groups is 1. The molecule has 0 radical (unpaired) electrons. The van der Waals surface area contributed by atoms with Gasteiger partial charge in [-0.2, -0.15) is 18.3 Å². The van der Waals surface area contributed by atoms with Crippen LogP contribution in [0.1, 0.15) is 22.4 Å². The molecule has 6 nitrogen and oxygen atoms in total. The first-order valence-electron chi connectivity index (χ1n) is 11.3. The van der Waals surface area contributed by atoms with Crippen LogP contribution in [0.5, 0.6) is 0 Å².